The maximum atomic E-state index is 12.3. The maximum Gasteiger partial charge on any atom is 0.329 e. The minimum atomic E-state index is -1.20. The Morgan fingerprint density at radius 1 is 1.50 bits per heavy atom. The van der Waals surface area contributed by atoms with Gasteiger partial charge in [-0.3, -0.25) is 4.79 Å². The molecule has 0 radical (unpaired) electrons. The summed E-state index contributed by atoms with van der Waals surface area (Å²) in [6, 6.07) is 1.46. The minimum Gasteiger partial charge on any atom is -0.480 e. The molecule has 1 aromatic heterocycles. The average Bonchev–Trinajstić information content (AvgIpc) is 2.68. The second-order valence-electron chi connectivity index (χ2n) is 5.28. The second kappa shape index (κ2) is 5.92. The molecule has 1 amide bonds. The molecule has 0 aliphatic heterocycles. The molecular formula is C13H15Cl2NO3S. The Kier molecular flexibility index (Phi) is 4.62. The van der Waals surface area contributed by atoms with Crippen molar-refractivity contribution in [1.82, 2.24) is 5.32 Å². The molecule has 0 bridgehead atoms. The van der Waals surface area contributed by atoms with Crippen molar-refractivity contribution in [1.29, 1.82) is 0 Å². The largest absolute Gasteiger partial charge is 0.480 e. The number of carboxylic acids is 1. The van der Waals surface area contributed by atoms with E-state index in [4.69, 9.17) is 23.2 Å². The van der Waals surface area contributed by atoms with Crippen molar-refractivity contribution in [2.75, 3.05) is 0 Å². The first-order valence-electron chi connectivity index (χ1n) is 6.35. The Morgan fingerprint density at radius 3 is 2.70 bits per heavy atom. The zero-order valence-corrected chi connectivity index (χ0v) is 13.2. The Bertz CT molecular complexity index is 546. The van der Waals surface area contributed by atoms with E-state index in [1.54, 1.807) is 0 Å². The quantitative estimate of drug-likeness (QED) is 0.882. The predicted molar refractivity (Wildman–Crippen MR) is 79.8 cm³/mol. The van der Waals surface area contributed by atoms with Gasteiger partial charge in [0.2, 0.25) is 0 Å². The van der Waals surface area contributed by atoms with Crippen molar-refractivity contribution in [3.05, 3.63) is 20.3 Å². The van der Waals surface area contributed by atoms with Crippen LogP contribution in [0.3, 0.4) is 0 Å². The Labute approximate surface area is 131 Å². The number of aliphatic carboxylic acids is 1. The smallest absolute Gasteiger partial charge is 0.329 e. The number of hydrogen-bond acceptors (Lipinski definition) is 3. The summed E-state index contributed by atoms with van der Waals surface area (Å²) in [5.41, 5.74) is -0.965. The van der Waals surface area contributed by atoms with Crippen molar-refractivity contribution in [2.24, 2.45) is 5.92 Å². The van der Waals surface area contributed by atoms with Gasteiger partial charge in [-0.25, -0.2) is 4.79 Å². The highest BCUT2D eigenvalue weighted by Crippen LogP contribution is 2.35. The van der Waals surface area contributed by atoms with Gasteiger partial charge in [-0.05, 0) is 24.8 Å². The van der Waals surface area contributed by atoms with Crippen LogP contribution in [0.1, 0.15) is 43.0 Å². The van der Waals surface area contributed by atoms with Crippen LogP contribution in [-0.2, 0) is 4.79 Å². The molecule has 1 saturated carbocycles. The van der Waals surface area contributed by atoms with E-state index in [9.17, 15) is 14.7 Å². The number of hydrogen-bond donors (Lipinski definition) is 2. The van der Waals surface area contributed by atoms with Crippen molar-refractivity contribution in [3.63, 3.8) is 0 Å². The number of carbonyl (C=O) groups excluding carboxylic acids is 1. The molecule has 1 aromatic rings. The zero-order valence-electron chi connectivity index (χ0n) is 10.9. The first-order valence-corrected chi connectivity index (χ1v) is 7.92. The molecule has 1 aliphatic rings. The summed E-state index contributed by atoms with van der Waals surface area (Å²) < 4.78 is 0.679. The van der Waals surface area contributed by atoms with Gasteiger partial charge in [0.15, 0.2) is 0 Å². The molecule has 2 N–H and O–H groups in total. The molecule has 0 aromatic carbocycles. The Morgan fingerprint density at radius 2 is 2.20 bits per heavy atom. The van der Waals surface area contributed by atoms with Crippen molar-refractivity contribution in [3.8, 4) is 0 Å². The molecule has 2 atom stereocenters. The summed E-state index contributed by atoms with van der Waals surface area (Å²) in [5, 5.41) is 12.2. The third-order valence-electron chi connectivity index (χ3n) is 3.66. The van der Waals surface area contributed by atoms with Crippen LogP contribution in [0.15, 0.2) is 6.07 Å². The van der Waals surface area contributed by atoms with Crippen LogP contribution in [0.4, 0.5) is 0 Å². The molecule has 2 rings (SSSR count). The van der Waals surface area contributed by atoms with E-state index < -0.39 is 17.4 Å². The van der Waals surface area contributed by atoms with E-state index in [1.165, 1.54) is 6.07 Å². The molecule has 2 unspecified atom stereocenters. The van der Waals surface area contributed by atoms with E-state index in [2.05, 4.69) is 5.32 Å². The Hall–Kier alpha value is -0.780. The van der Waals surface area contributed by atoms with E-state index >= 15 is 0 Å². The van der Waals surface area contributed by atoms with Crippen LogP contribution in [0.25, 0.3) is 0 Å². The maximum absolute atomic E-state index is 12.3. The summed E-state index contributed by atoms with van der Waals surface area (Å²) in [7, 11) is 0. The highest BCUT2D eigenvalue weighted by molar-refractivity contribution is 7.20. The summed E-state index contributed by atoms with van der Waals surface area (Å²) in [6.07, 6.45) is 2.64. The van der Waals surface area contributed by atoms with E-state index in [0.717, 1.165) is 24.2 Å². The van der Waals surface area contributed by atoms with Gasteiger partial charge in [-0.2, -0.15) is 0 Å². The SMILES string of the molecule is CC1CCCC(NC(=O)c2cc(Cl)sc2Cl)(C(=O)O)C1. The first-order chi connectivity index (χ1) is 9.34. The fourth-order valence-corrected chi connectivity index (χ4v) is 4.15. The van der Waals surface area contributed by atoms with Crippen LogP contribution in [-0.4, -0.2) is 22.5 Å². The predicted octanol–water partition coefficient (Wildman–Crippen LogP) is 3.82. The molecule has 0 spiro atoms. The molecular weight excluding hydrogens is 321 g/mol. The molecule has 20 heavy (non-hydrogen) atoms. The topological polar surface area (TPSA) is 66.4 Å². The van der Waals surface area contributed by atoms with Crippen molar-refractivity contribution >= 4 is 46.4 Å². The standard InChI is InChI=1S/C13H15Cl2NO3S/c1-7-3-2-4-13(6-7,12(18)19)16-11(17)8-5-9(14)20-10(8)15/h5,7H,2-4,6H2,1H3,(H,16,17)(H,18,19). The van der Waals surface area contributed by atoms with Gasteiger partial charge in [0.1, 0.15) is 9.88 Å². The van der Waals surface area contributed by atoms with Crippen LogP contribution in [0.5, 0.6) is 0 Å². The van der Waals surface area contributed by atoms with Crippen LogP contribution < -0.4 is 5.32 Å². The normalized spacial score (nSPS) is 26.2. The molecule has 1 fully saturated rings. The third kappa shape index (κ3) is 3.10. The summed E-state index contributed by atoms with van der Waals surface area (Å²) >= 11 is 12.8. The lowest BCUT2D eigenvalue weighted by atomic mass is 9.76. The van der Waals surface area contributed by atoms with E-state index in [0.29, 0.717) is 17.2 Å². The number of rotatable bonds is 3. The highest BCUT2D eigenvalue weighted by Gasteiger charge is 2.43. The highest BCUT2D eigenvalue weighted by atomic mass is 35.5. The lowest BCUT2D eigenvalue weighted by molar-refractivity contribution is -0.146. The minimum absolute atomic E-state index is 0.237. The molecule has 1 aliphatic carbocycles. The number of amides is 1. The molecule has 1 heterocycles. The van der Waals surface area contributed by atoms with Crippen LogP contribution in [0.2, 0.25) is 8.67 Å². The molecule has 0 saturated heterocycles. The monoisotopic (exact) mass is 335 g/mol. The zero-order chi connectivity index (χ0) is 14.9. The fraction of sp³-hybridized carbons (Fsp3) is 0.538. The van der Waals surface area contributed by atoms with Crippen LogP contribution >= 0.6 is 34.5 Å². The number of nitrogens with one attached hydrogen (secondary N) is 1. The Balaban J connectivity index is 2.22. The number of carbonyl (C=O) groups is 2. The molecule has 4 nitrogen and oxygen atoms in total. The van der Waals surface area contributed by atoms with Crippen molar-refractivity contribution < 1.29 is 14.7 Å². The molecule has 110 valence electrons. The van der Waals surface area contributed by atoms with Crippen molar-refractivity contribution in [2.45, 2.75) is 38.1 Å². The summed E-state index contributed by atoms with van der Waals surface area (Å²) in [4.78, 5) is 23.9. The third-order valence-corrected chi connectivity index (χ3v) is 5.15. The van der Waals surface area contributed by atoms with Gasteiger partial charge >= 0.3 is 5.97 Å². The van der Waals surface area contributed by atoms with Gasteiger partial charge in [-0.1, -0.05) is 43.0 Å². The fourth-order valence-electron chi connectivity index (χ4n) is 2.69. The van der Waals surface area contributed by atoms with Gasteiger partial charge in [0, 0.05) is 0 Å². The van der Waals surface area contributed by atoms with E-state index in [-0.39, 0.29) is 15.8 Å². The van der Waals surface area contributed by atoms with Gasteiger partial charge in [-0.15, -0.1) is 11.3 Å². The van der Waals surface area contributed by atoms with Gasteiger partial charge in [0.05, 0.1) is 9.90 Å². The number of carboxylic acid groups (broad SMARTS) is 1. The summed E-state index contributed by atoms with van der Waals surface area (Å²) in [6.45, 7) is 2.00. The van der Waals surface area contributed by atoms with Gasteiger partial charge < -0.3 is 10.4 Å². The lowest BCUT2D eigenvalue weighted by Crippen LogP contribution is -2.56. The average molecular weight is 336 g/mol. The van der Waals surface area contributed by atoms with E-state index in [1.807, 2.05) is 6.92 Å². The molecule has 7 heteroatoms. The first kappa shape index (κ1) is 15.6. The van der Waals surface area contributed by atoms with Crippen LogP contribution in [0, 0.1) is 5.92 Å². The van der Waals surface area contributed by atoms with Gasteiger partial charge in [0.25, 0.3) is 5.91 Å². The second-order valence-corrected chi connectivity index (χ2v) is 7.57. The number of thiophene rings is 1. The lowest BCUT2D eigenvalue weighted by Gasteiger charge is -2.37. The summed E-state index contributed by atoms with van der Waals surface area (Å²) in [5.74, 6) is -1.20. The number of halogens is 2.